The van der Waals surface area contributed by atoms with Crippen LogP contribution in [0.4, 0.5) is 0 Å². The molecule has 4 N–H and O–H groups in total. The third-order valence-electron chi connectivity index (χ3n) is 5.44. The molecule has 0 aromatic carbocycles. The van der Waals surface area contributed by atoms with Gasteiger partial charge in [0.15, 0.2) is 12.4 Å². The smallest absolute Gasteiger partial charge is 0.252 e. The Kier molecular flexibility index (Phi) is 14.5. The van der Waals surface area contributed by atoms with Crippen LogP contribution in [0.25, 0.3) is 0 Å². The third-order valence-corrected chi connectivity index (χ3v) is 5.44. The molecule has 5 atom stereocenters. The summed E-state index contributed by atoms with van der Waals surface area (Å²) in [6.45, 7) is 5.09. The second kappa shape index (κ2) is 16.0. The predicted octanol–water partition coefficient (Wildman–Crippen LogP) is 2.65. The van der Waals surface area contributed by atoms with Crippen molar-refractivity contribution >= 4 is 5.91 Å². The first kappa shape index (κ1) is 26.3. The minimum Gasteiger partial charge on any atom is -0.387 e. The van der Waals surface area contributed by atoms with Gasteiger partial charge in [0, 0.05) is 13.2 Å². The predicted molar refractivity (Wildman–Crippen MR) is 112 cm³/mol. The van der Waals surface area contributed by atoms with Crippen molar-refractivity contribution in [2.75, 3.05) is 13.2 Å². The molecular formula is C22H43NO6. The van der Waals surface area contributed by atoms with E-state index < -0.39 is 36.6 Å². The molecule has 0 radical (unpaired) electrons. The van der Waals surface area contributed by atoms with Crippen LogP contribution in [0.3, 0.4) is 0 Å². The van der Waals surface area contributed by atoms with Crippen molar-refractivity contribution in [2.45, 2.75) is 122 Å². The fourth-order valence-corrected chi connectivity index (χ4v) is 3.47. The first-order valence-corrected chi connectivity index (χ1v) is 11.6. The minimum atomic E-state index is -1.48. The van der Waals surface area contributed by atoms with Crippen molar-refractivity contribution < 1.29 is 29.6 Å². The van der Waals surface area contributed by atoms with Crippen LogP contribution >= 0.6 is 0 Å². The van der Waals surface area contributed by atoms with Gasteiger partial charge < -0.3 is 30.1 Å². The average Bonchev–Trinajstić information content (AvgIpc) is 2.72. The number of unbranched alkanes of at least 4 members (excludes halogenated alkanes) is 10. The van der Waals surface area contributed by atoms with Crippen molar-refractivity contribution in [3.8, 4) is 0 Å². The molecule has 0 spiro atoms. The minimum absolute atomic E-state index is 0.355. The molecular weight excluding hydrogens is 374 g/mol. The number of carbonyl (C=O) groups is 1. The van der Waals surface area contributed by atoms with Crippen LogP contribution in [0, 0.1) is 0 Å². The molecule has 29 heavy (non-hydrogen) atoms. The van der Waals surface area contributed by atoms with E-state index in [-0.39, 0.29) is 0 Å². The maximum absolute atomic E-state index is 12.4. The zero-order valence-electron chi connectivity index (χ0n) is 18.4. The lowest BCUT2D eigenvalue weighted by Gasteiger charge is -2.39. The Hall–Kier alpha value is -0.730. The number of amides is 1. The summed E-state index contributed by atoms with van der Waals surface area (Å²) in [5, 5.41) is 32.9. The fraction of sp³-hybridized carbons (Fsp3) is 0.955. The number of nitrogens with one attached hydrogen (secondary N) is 1. The number of hydrogen-bond acceptors (Lipinski definition) is 6. The monoisotopic (exact) mass is 417 g/mol. The molecule has 1 rings (SSSR count). The van der Waals surface area contributed by atoms with Crippen LogP contribution in [0.15, 0.2) is 0 Å². The number of ether oxygens (including phenoxy) is 2. The van der Waals surface area contributed by atoms with E-state index in [0.717, 1.165) is 32.1 Å². The van der Waals surface area contributed by atoms with E-state index in [0.29, 0.717) is 13.2 Å². The molecule has 7 nitrogen and oxygen atoms in total. The number of aliphatic hydroxyl groups excluding tert-OH is 3. The van der Waals surface area contributed by atoms with Crippen LogP contribution < -0.4 is 5.32 Å². The van der Waals surface area contributed by atoms with Crippen molar-refractivity contribution in [1.82, 2.24) is 5.32 Å². The Morgan fingerprint density at radius 2 is 1.34 bits per heavy atom. The SMILES string of the molecule is CCCCCCCCCCCCNC(=O)C1O[C@@H](OCCCC)C(O)[C@H](O)[C@@H]1O. The van der Waals surface area contributed by atoms with Gasteiger partial charge in [0.1, 0.15) is 18.3 Å². The zero-order valence-corrected chi connectivity index (χ0v) is 18.4. The summed E-state index contributed by atoms with van der Waals surface area (Å²) in [5.74, 6) is -0.483. The molecule has 2 unspecified atom stereocenters. The topological polar surface area (TPSA) is 108 Å². The maximum Gasteiger partial charge on any atom is 0.252 e. The second-order valence-corrected chi connectivity index (χ2v) is 8.09. The zero-order chi connectivity index (χ0) is 21.5. The Labute approximate surface area is 176 Å². The molecule has 0 aliphatic carbocycles. The van der Waals surface area contributed by atoms with Gasteiger partial charge in [-0.3, -0.25) is 4.79 Å². The molecule has 1 amide bonds. The van der Waals surface area contributed by atoms with Gasteiger partial charge in [0.2, 0.25) is 0 Å². The Balaban J connectivity index is 2.20. The van der Waals surface area contributed by atoms with E-state index >= 15 is 0 Å². The molecule has 1 aliphatic heterocycles. The highest BCUT2D eigenvalue weighted by molar-refractivity contribution is 5.81. The van der Waals surface area contributed by atoms with Gasteiger partial charge in [0.05, 0.1) is 0 Å². The summed E-state index contributed by atoms with van der Waals surface area (Å²) in [4.78, 5) is 12.4. The number of aliphatic hydroxyl groups is 3. The van der Waals surface area contributed by atoms with Crippen molar-refractivity contribution in [2.24, 2.45) is 0 Å². The van der Waals surface area contributed by atoms with Gasteiger partial charge in [-0.05, 0) is 12.8 Å². The van der Waals surface area contributed by atoms with E-state index in [2.05, 4.69) is 12.2 Å². The van der Waals surface area contributed by atoms with Crippen molar-refractivity contribution in [1.29, 1.82) is 0 Å². The van der Waals surface area contributed by atoms with Gasteiger partial charge in [0.25, 0.3) is 5.91 Å². The molecule has 1 fully saturated rings. The first-order valence-electron chi connectivity index (χ1n) is 11.6. The summed E-state index contributed by atoms with van der Waals surface area (Å²) in [6.07, 6.45) is 7.15. The highest BCUT2D eigenvalue weighted by Gasteiger charge is 2.47. The highest BCUT2D eigenvalue weighted by atomic mass is 16.7. The van der Waals surface area contributed by atoms with Crippen molar-refractivity contribution in [3.63, 3.8) is 0 Å². The van der Waals surface area contributed by atoms with Crippen LogP contribution in [0.5, 0.6) is 0 Å². The Bertz CT molecular complexity index is 422. The highest BCUT2D eigenvalue weighted by Crippen LogP contribution is 2.22. The molecule has 1 heterocycles. The largest absolute Gasteiger partial charge is 0.387 e. The molecule has 0 aromatic heterocycles. The van der Waals surface area contributed by atoms with Crippen LogP contribution in [0.1, 0.15) is 90.9 Å². The van der Waals surface area contributed by atoms with Gasteiger partial charge in [-0.2, -0.15) is 0 Å². The second-order valence-electron chi connectivity index (χ2n) is 8.09. The van der Waals surface area contributed by atoms with Gasteiger partial charge in [-0.1, -0.05) is 78.1 Å². The molecule has 7 heteroatoms. The average molecular weight is 418 g/mol. The normalized spacial score (nSPS) is 27.1. The van der Waals surface area contributed by atoms with Gasteiger partial charge in [-0.25, -0.2) is 0 Å². The first-order chi connectivity index (χ1) is 14.0. The quantitative estimate of drug-likeness (QED) is 0.288. The molecule has 1 saturated heterocycles. The molecule has 1 aliphatic rings. The van der Waals surface area contributed by atoms with Crippen LogP contribution in [0.2, 0.25) is 0 Å². The third kappa shape index (κ3) is 10.2. The fourth-order valence-electron chi connectivity index (χ4n) is 3.47. The lowest BCUT2D eigenvalue weighted by Crippen LogP contribution is -2.62. The number of rotatable bonds is 16. The summed E-state index contributed by atoms with van der Waals surface area (Å²) >= 11 is 0. The van der Waals surface area contributed by atoms with E-state index in [4.69, 9.17) is 9.47 Å². The Morgan fingerprint density at radius 1 is 0.793 bits per heavy atom. The Morgan fingerprint density at radius 3 is 1.93 bits per heavy atom. The maximum atomic E-state index is 12.4. The summed E-state index contributed by atoms with van der Waals surface area (Å²) < 4.78 is 10.9. The van der Waals surface area contributed by atoms with Crippen LogP contribution in [-0.4, -0.2) is 65.1 Å². The lowest BCUT2D eigenvalue weighted by atomic mass is 9.98. The molecule has 0 aromatic rings. The van der Waals surface area contributed by atoms with E-state index in [1.807, 2.05) is 6.92 Å². The van der Waals surface area contributed by atoms with Gasteiger partial charge in [-0.15, -0.1) is 0 Å². The standard InChI is InChI=1S/C22H43NO6/c1-3-5-7-8-9-10-11-12-13-14-15-23-21(27)20-18(25)17(24)19(26)22(29-20)28-16-6-4-2/h17-20,22,24-26H,3-16H2,1-2H3,(H,23,27)/t17-,18+,19?,20?,22-/m1/s1. The summed E-state index contributed by atoms with van der Waals surface area (Å²) in [6, 6.07) is 0. The van der Waals surface area contributed by atoms with E-state index in [9.17, 15) is 20.1 Å². The molecule has 172 valence electrons. The van der Waals surface area contributed by atoms with Crippen molar-refractivity contribution in [3.05, 3.63) is 0 Å². The summed E-state index contributed by atoms with van der Waals surface area (Å²) in [7, 11) is 0. The van der Waals surface area contributed by atoms with E-state index in [1.165, 1.54) is 44.9 Å². The summed E-state index contributed by atoms with van der Waals surface area (Å²) in [5.41, 5.74) is 0. The molecule has 0 bridgehead atoms. The number of carbonyl (C=O) groups excluding carboxylic acids is 1. The van der Waals surface area contributed by atoms with E-state index in [1.54, 1.807) is 0 Å². The van der Waals surface area contributed by atoms with Gasteiger partial charge >= 0.3 is 0 Å². The van der Waals surface area contributed by atoms with Crippen LogP contribution in [-0.2, 0) is 14.3 Å². The number of hydrogen-bond donors (Lipinski definition) is 4. The molecule has 0 saturated carbocycles. The lowest BCUT2D eigenvalue weighted by molar-refractivity contribution is -0.290.